The van der Waals surface area contributed by atoms with Crippen LogP contribution in [0.4, 0.5) is 0 Å². The topological polar surface area (TPSA) is 69.7 Å². The van der Waals surface area contributed by atoms with Crippen molar-refractivity contribution < 1.29 is 22.1 Å². The minimum absolute atomic E-state index is 0.115. The predicted molar refractivity (Wildman–Crippen MR) is 65.5 cm³/mol. The van der Waals surface area contributed by atoms with Gasteiger partial charge in [-0.05, 0) is 37.0 Å². The molecule has 0 spiro atoms. The number of ether oxygens (including phenoxy) is 1. The fraction of sp³-hybridized carbons (Fsp3) is 0.417. The lowest BCUT2D eigenvalue weighted by atomic mass is 10.2. The molecule has 5 nitrogen and oxygen atoms in total. The van der Waals surface area contributed by atoms with E-state index >= 15 is 0 Å². The number of aldehydes is 1. The lowest BCUT2D eigenvalue weighted by Crippen LogP contribution is -2.08. The van der Waals surface area contributed by atoms with Crippen molar-refractivity contribution in [2.45, 2.75) is 12.8 Å². The van der Waals surface area contributed by atoms with Crippen molar-refractivity contribution in [3.8, 4) is 11.5 Å². The molecule has 1 fully saturated rings. The van der Waals surface area contributed by atoms with Gasteiger partial charge >= 0.3 is 10.1 Å². The summed E-state index contributed by atoms with van der Waals surface area (Å²) in [5.74, 6) is 0.927. The van der Waals surface area contributed by atoms with Crippen LogP contribution >= 0.6 is 0 Å². The highest BCUT2D eigenvalue weighted by atomic mass is 32.2. The second kappa shape index (κ2) is 4.97. The van der Waals surface area contributed by atoms with Crippen molar-refractivity contribution in [1.29, 1.82) is 0 Å². The molecule has 0 atom stereocenters. The van der Waals surface area contributed by atoms with E-state index in [0.717, 1.165) is 19.1 Å². The van der Waals surface area contributed by atoms with Gasteiger partial charge in [0.05, 0.1) is 12.9 Å². The maximum Gasteiger partial charge on any atom is 0.306 e. The maximum absolute atomic E-state index is 11.1. The Balaban J connectivity index is 2.21. The van der Waals surface area contributed by atoms with E-state index in [1.54, 1.807) is 0 Å². The quantitative estimate of drug-likeness (QED) is 0.580. The number of rotatable bonds is 6. The summed E-state index contributed by atoms with van der Waals surface area (Å²) in [6.07, 6.45) is 3.88. The third-order valence-electron chi connectivity index (χ3n) is 2.52. The van der Waals surface area contributed by atoms with Crippen LogP contribution in [0.2, 0.25) is 0 Å². The molecule has 0 radical (unpaired) electrons. The molecule has 1 saturated carbocycles. The average molecular weight is 270 g/mol. The van der Waals surface area contributed by atoms with Crippen LogP contribution in [0.5, 0.6) is 11.5 Å². The SMILES string of the molecule is CS(=O)(=O)Oc1ccc(C=O)cc1OCC1CC1. The molecule has 0 saturated heterocycles. The maximum atomic E-state index is 11.1. The first-order valence-corrected chi connectivity index (χ1v) is 7.41. The Kier molecular flexibility index (Phi) is 3.56. The van der Waals surface area contributed by atoms with Crippen LogP contribution in [-0.4, -0.2) is 27.6 Å². The van der Waals surface area contributed by atoms with Crippen LogP contribution in [0.25, 0.3) is 0 Å². The highest BCUT2D eigenvalue weighted by Gasteiger charge is 2.23. The molecule has 18 heavy (non-hydrogen) atoms. The van der Waals surface area contributed by atoms with Gasteiger partial charge in [-0.15, -0.1) is 0 Å². The number of carbonyl (C=O) groups is 1. The number of hydrogen-bond acceptors (Lipinski definition) is 5. The third kappa shape index (κ3) is 3.73. The Morgan fingerprint density at radius 2 is 2.06 bits per heavy atom. The van der Waals surface area contributed by atoms with Crippen molar-refractivity contribution in [3.05, 3.63) is 23.8 Å². The van der Waals surface area contributed by atoms with E-state index in [-0.39, 0.29) is 11.5 Å². The third-order valence-corrected chi connectivity index (χ3v) is 3.00. The number of benzene rings is 1. The van der Waals surface area contributed by atoms with Crippen LogP contribution in [-0.2, 0) is 10.1 Å². The number of hydrogen-bond donors (Lipinski definition) is 0. The van der Waals surface area contributed by atoms with E-state index in [1.807, 2.05) is 0 Å². The van der Waals surface area contributed by atoms with E-state index in [4.69, 9.17) is 8.92 Å². The van der Waals surface area contributed by atoms with Crippen molar-refractivity contribution in [2.75, 3.05) is 12.9 Å². The Morgan fingerprint density at radius 3 is 2.61 bits per heavy atom. The monoisotopic (exact) mass is 270 g/mol. The summed E-state index contributed by atoms with van der Waals surface area (Å²) in [6, 6.07) is 4.39. The lowest BCUT2D eigenvalue weighted by Gasteiger charge is -2.11. The highest BCUT2D eigenvalue weighted by molar-refractivity contribution is 7.86. The molecule has 1 aromatic carbocycles. The fourth-order valence-electron chi connectivity index (χ4n) is 1.43. The van der Waals surface area contributed by atoms with E-state index in [9.17, 15) is 13.2 Å². The van der Waals surface area contributed by atoms with Crippen molar-refractivity contribution in [3.63, 3.8) is 0 Å². The van der Waals surface area contributed by atoms with Gasteiger partial charge in [0, 0.05) is 5.56 Å². The molecule has 0 unspecified atom stereocenters. The molecule has 0 aliphatic heterocycles. The van der Waals surface area contributed by atoms with Crippen LogP contribution in [0.1, 0.15) is 23.2 Å². The smallest absolute Gasteiger partial charge is 0.306 e. The largest absolute Gasteiger partial charge is 0.489 e. The molecular weight excluding hydrogens is 256 g/mol. The van der Waals surface area contributed by atoms with Gasteiger partial charge in [0.15, 0.2) is 11.5 Å². The highest BCUT2D eigenvalue weighted by Crippen LogP contribution is 2.33. The molecule has 1 aliphatic carbocycles. The first-order chi connectivity index (χ1) is 8.48. The second-order valence-corrected chi connectivity index (χ2v) is 5.94. The first kappa shape index (κ1) is 12.9. The van der Waals surface area contributed by atoms with Gasteiger partial charge in [0.2, 0.25) is 0 Å². The summed E-state index contributed by atoms with van der Waals surface area (Å²) in [4.78, 5) is 10.7. The Labute approximate surface area is 106 Å². The van der Waals surface area contributed by atoms with Crippen molar-refractivity contribution in [1.82, 2.24) is 0 Å². The van der Waals surface area contributed by atoms with Gasteiger partial charge in [0.1, 0.15) is 6.29 Å². The minimum atomic E-state index is -3.61. The predicted octanol–water partition coefficient (Wildman–Crippen LogP) is 1.63. The van der Waals surface area contributed by atoms with E-state index in [1.165, 1.54) is 18.2 Å². The van der Waals surface area contributed by atoms with Gasteiger partial charge in [-0.3, -0.25) is 4.79 Å². The van der Waals surface area contributed by atoms with Gasteiger partial charge in [-0.2, -0.15) is 8.42 Å². The van der Waals surface area contributed by atoms with E-state index < -0.39 is 10.1 Å². The summed E-state index contributed by atoms with van der Waals surface area (Å²) in [7, 11) is -3.61. The second-order valence-electron chi connectivity index (χ2n) is 4.37. The summed E-state index contributed by atoms with van der Waals surface area (Å²) in [6.45, 7) is 0.516. The standard InChI is InChI=1S/C12H14O5S/c1-18(14,15)17-11-5-4-10(7-13)6-12(11)16-8-9-2-3-9/h4-7,9H,2-3,8H2,1H3. The van der Waals surface area contributed by atoms with Gasteiger partial charge in [-0.1, -0.05) is 0 Å². The molecule has 98 valence electrons. The lowest BCUT2D eigenvalue weighted by molar-refractivity contribution is 0.112. The van der Waals surface area contributed by atoms with Crippen LogP contribution < -0.4 is 8.92 Å². The molecule has 2 rings (SSSR count). The Hall–Kier alpha value is -1.56. The number of carbonyl (C=O) groups excluding carboxylic acids is 1. The average Bonchev–Trinajstić information content (AvgIpc) is 3.09. The fourth-order valence-corrected chi connectivity index (χ4v) is 1.90. The minimum Gasteiger partial charge on any atom is -0.489 e. The van der Waals surface area contributed by atoms with Crippen molar-refractivity contribution in [2.24, 2.45) is 5.92 Å². The van der Waals surface area contributed by atoms with E-state index in [0.29, 0.717) is 24.4 Å². The van der Waals surface area contributed by atoms with Crippen LogP contribution in [0.3, 0.4) is 0 Å². The molecular formula is C12H14O5S. The summed E-state index contributed by atoms with van der Waals surface area (Å²) in [5.41, 5.74) is 0.418. The van der Waals surface area contributed by atoms with Crippen LogP contribution in [0.15, 0.2) is 18.2 Å². The molecule has 1 aromatic rings. The zero-order chi connectivity index (χ0) is 13.2. The zero-order valence-electron chi connectivity index (χ0n) is 9.96. The van der Waals surface area contributed by atoms with Crippen LogP contribution in [0, 0.1) is 5.92 Å². The molecule has 6 heteroatoms. The first-order valence-electron chi connectivity index (χ1n) is 5.59. The molecule has 0 N–H and O–H groups in total. The van der Waals surface area contributed by atoms with Gasteiger partial charge in [-0.25, -0.2) is 0 Å². The Bertz CT molecular complexity index is 546. The molecule has 0 heterocycles. The van der Waals surface area contributed by atoms with Gasteiger partial charge < -0.3 is 8.92 Å². The molecule has 0 aromatic heterocycles. The zero-order valence-corrected chi connectivity index (χ0v) is 10.8. The molecule has 0 amide bonds. The molecule has 0 bridgehead atoms. The van der Waals surface area contributed by atoms with E-state index in [2.05, 4.69) is 0 Å². The summed E-state index contributed by atoms with van der Waals surface area (Å²) >= 11 is 0. The summed E-state index contributed by atoms with van der Waals surface area (Å²) in [5, 5.41) is 0. The normalized spacial score (nSPS) is 15.2. The summed E-state index contributed by atoms with van der Waals surface area (Å²) < 4.78 is 32.5. The molecule has 1 aliphatic rings. The van der Waals surface area contributed by atoms with Crippen molar-refractivity contribution >= 4 is 16.4 Å². The van der Waals surface area contributed by atoms with Gasteiger partial charge in [0.25, 0.3) is 0 Å². The Morgan fingerprint density at radius 1 is 1.33 bits per heavy atom.